The van der Waals surface area contributed by atoms with Crippen molar-refractivity contribution in [1.29, 1.82) is 0 Å². The third kappa shape index (κ3) is 6.92. The van der Waals surface area contributed by atoms with Crippen molar-refractivity contribution in [3.05, 3.63) is 30.2 Å². The molecule has 11 nitrogen and oxygen atoms in total. The molecule has 264 valence electrons. The third-order valence-electron chi connectivity index (χ3n) is 12.1. The van der Waals surface area contributed by atoms with Gasteiger partial charge in [-0.15, -0.1) is 0 Å². The van der Waals surface area contributed by atoms with E-state index in [1.54, 1.807) is 0 Å². The maximum atomic E-state index is 12.3. The molecule has 2 bridgehead atoms. The lowest BCUT2D eigenvalue weighted by Gasteiger charge is -2.50. The molecule has 1 N–H and O–H groups in total. The Morgan fingerprint density at radius 3 is 2.33 bits per heavy atom. The summed E-state index contributed by atoms with van der Waals surface area (Å²) in [6.45, 7) is 15.0. The highest BCUT2D eigenvalue weighted by Gasteiger charge is 2.41. The number of hydrogen-bond acceptors (Lipinski definition) is 11. The number of anilines is 2. The molecular formula is C37H56N6O5. The molecule has 2 aromatic rings. The summed E-state index contributed by atoms with van der Waals surface area (Å²) in [5, 5.41) is 7.91. The maximum Gasteiger partial charge on any atom is 0.316 e. The van der Waals surface area contributed by atoms with Gasteiger partial charge in [0.15, 0.2) is 11.6 Å². The van der Waals surface area contributed by atoms with Gasteiger partial charge >= 0.3 is 5.97 Å². The predicted octanol–water partition coefficient (Wildman–Crippen LogP) is 5.01. The molecule has 3 unspecified atom stereocenters. The van der Waals surface area contributed by atoms with E-state index in [9.17, 15) is 4.79 Å². The SMILES string of the molecule is COC(=O)C(c1cc(N2CCC(C(C)(C)N3CCC(O[C@H]4C[C@H](Oc5cc(N6C7CCC6CNC7)ccn5)C4)CC3)CC2)no1)C(C)C. The van der Waals surface area contributed by atoms with Crippen LogP contribution in [0.3, 0.4) is 0 Å². The van der Waals surface area contributed by atoms with E-state index in [1.807, 2.05) is 26.1 Å². The molecule has 0 amide bonds. The summed E-state index contributed by atoms with van der Waals surface area (Å²) in [6.07, 6.45) is 11.5. The van der Waals surface area contributed by atoms with Crippen LogP contribution in [-0.2, 0) is 14.3 Å². The van der Waals surface area contributed by atoms with Crippen LogP contribution in [0.1, 0.15) is 90.7 Å². The second kappa shape index (κ2) is 14.2. The fourth-order valence-electron chi connectivity index (χ4n) is 9.05. The minimum absolute atomic E-state index is 0.0718. The largest absolute Gasteiger partial charge is 0.474 e. The molecular weight excluding hydrogens is 608 g/mol. The summed E-state index contributed by atoms with van der Waals surface area (Å²) in [5.41, 5.74) is 1.38. The number of ether oxygens (including phenoxy) is 3. The molecule has 11 heteroatoms. The first kappa shape index (κ1) is 33.6. The fraction of sp³-hybridized carbons (Fsp3) is 0.757. The van der Waals surface area contributed by atoms with Crippen molar-refractivity contribution in [1.82, 2.24) is 20.4 Å². The number of nitrogens with zero attached hydrogens (tertiary/aromatic N) is 5. The standard InChI is InChI=1S/C37H56N6O5/c1-24(2)35(36(44)45-5)32-21-33(40-48-32)41-14-9-25(10-15-41)37(3,4)42-16-11-29(12-17-42)46-30-19-31(20-30)47-34-18-26(8-13-39-34)43-27-6-7-28(43)23-38-22-27/h8,13,18,21,24-25,27-31,35,38H,6-7,9-12,14-17,19-20,22-23H2,1-5H3/t27?,28?,30-,31-,35?. The molecule has 4 saturated heterocycles. The number of piperidine rings is 2. The number of fused-ring (bicyclic) bond motifs is 2. The Morgan fingerprint density at radius 1 is 0.958 bits per heavy atom. The Labute approximate surface area is 286 Å². The van der Waals surface area contributed by atoms with E-state index < -0.39 is 5.92 Å². The van der Waals surface area contributed by atoms with E-state index in [0.717, 1.165) is 89.5 Å². The Kier molecular flexibility index (Phi) is 9.91. The molecule has 7 rings (SSSR count). The lowest BCUT2D eigenvalue weighted by molar-refractivity contribution is -0.144. The van der Waals surface area contributed by atoms with Crippen LogP contribution >= 0.6 is 0 Å². The Hall–Kier alpha value is -2.89. The highest BCUT2D eigenvalue weighted by Crippen LogP contribution is 2.39. The Balaban J connectivity index is 0.832. The first-order chi connectivity index (χ1) is 23.2. The molecule has 0 spiro atoms. The summed E-state index contributed by atoms with van der Waals surface area (Å²) in [6, 6.07) is 7.39. The number of hydrogen-bond donors (Lipinski definition) is 1. The zero-order valence-electron chi connectivity index (χ0n) is 29.6. The smallest absolute Gasteiger partial charge is 0.316 e. The molecule has 1 saturated carbocycles. The van der Waals surface area contributed by atoms with E-state index >= 15 is 0 Å². The van der Waals surface area contributed by atoms with Gasteiger partial charge in [-0.3, -0.25) is 9.69 Å². The first-order valence-corrected chi connectivity index (χ1v) is 18.5. The van der Waals surface area contributed by atoms with Crippen LogP contribution in [0.4, 0.5) is 11.5 Å². The molecule has 2 aromatic heterocycles. The molecule has 0 aromatic carbocycles. The van der Waals surface area contributed by atoms with Crippen LogP contribution in [0.2, 0.25) is 0 Å². The lowest BCUT2D eigenvalue weighted by Crippen LogP contribution is -2.56. The average Bonchev–Trinajstić information content (AvgIpc) is 3.65. The third-order valence-corrected chi connectivity index (χ3v) is 12.1. The van der Waals surface area contributed by atoms with Crippen LogP contribution < -0.4 is 19.9 Å². The highest BCUT2D eigenvalue weighted by molar-refractivity contribution is 5.77. The minimum atomic E-state index is -0.434. The molecule has 3 atom stereocenters. The number of methoxy groups -OCH3 is 1. The van der Waals surface area contributed by atoms with E-state index in [0.29, 0.717) is 29.9 Å². The van der Waals surface area contributed by atoms with Gasteiger partial charge in [-0.1, -0.05) is 19.0 Å². The van der Waals surface area contributed by atoms with Gasteiger partial charge in [0.05, 0.1) is 19.3 Å². The minimum Gasteiger partial charge on any atom is -0.474 e. The molecule has 48 heavy (non-hydrogen) atoms. The van der Waals surface area contributed by atoms with E-state index in [-0.39, 0.29) is 29.6 Å². The van der Waals surface area contributed by atoms with Crippen LogP contribution in [0.15, 0.2) is 28.9 Å². The number of esters is 1. The number of aromatic nitrogens is 2. The number of pyridine rings is 1. The summed E-state index contributed by atoms with van der Waals surface area (Å²) in [5.74, 6) is 2.13. The van der Waals surface area contributed by atoms with Gasteiger partial charge in [0.25, 0.3) is 0 Å². The Bertz CT molecular complexity index is 1360. The molecule has 0 radical (unpaired) electrons. The highest BCUT2D eigenvalue weighted by atomic mass is 16.5. The van der Waals surface area contributed by atoms with E-state index in [2.05, 4.69) is 56.1 Å². The zero-order chi connectivity index (χ0) is 33.4. The molecule has 6 heterocycles. The first-order valence-electron chi connectivity index (χ1n) is 18.5. The second-order valence-electron chi connectivity index (χ2n) is 15.7. The van der Waals surface area contributed by atoms with Crippen LogP contribution in [-0.4, -0.2) is 103 Å². The van der Waals surface area contributed by atoms with E-state index in [1.165, 1.54) is 25.6 Å². The lowest BCUT2D eigenvalue weighted by atomic mass is 9.78. The summed E-state index contributed by atoms with van der Waals surface area (Å²) < 4.78 is 23.6. The normalized spacial score (nSPS) is 28.0. The summed E-state index contributed by atoms with van der Waals surface area (Å²) in [7, 11) is 1.42. The van der Waals surface area contributed by atoms with Crippen LogP contribution in [0.5, 0.6) is 5.88 Å². The van der Waals surface area contributed by atoms with Gasteiger partial charge in [-0.2, -0.15) is 0 Å². The number of nitrogens with one attached hydrogen (secondary N) is 1. The van der Waals surface area contributed by atoms with E-state index in [4.69, 9.17) is 18.7 Å². The van der Waals surface area contributed by atoms with Crippen molar-refractivity contribution in [3.63, 3.8) is 0 Å². The van der Waals surface area contributed by atoms with Gasteiger partial charge in [0, 0.05) is 93.7 Å². The van der Waals surface area contributed by atoms with Crippen molar-refractivity contribution in [2.45, 2.75) is 121 Å². The van der Waals surface area contributed by atoms with Crippen molar-refractivity contribution >= 4 is 17.5 Å². The summed E-state index contributed by atoms with van der Waals surface area (Å²) >= 11 is 0. The molecule has 5 fully saturated rings. The molecule has 4 aliphatic heterocycles. The predicted molar refractivity (Wildman–Crippen MR) is 185 cm³/mol. The maximum absolute atomic E-state index is 12.3. The van der Waals surface area contributed by atoms with Gasteiger partial charge in [-0.05, 0) is 70.3 Å². The van der Waals surface area contributed by atoms with Crippen molar-refractivity contribution < 1.29 is 23.5 Å². The van der Waals surface area contributed by atoms with Crippen LogP contribution in [0.25, 0.3) is 0 Å². The number of carbonyl (C=O) groups excluding carboxylic acids is 1. The van der Waals surface area contributed by atoms with Crippen molar-refractivity contribution in [2.75, 3.05) is 56.2 Å². The topological polar surface area (TPSA) is 105 Å². The van der Waals surface area contributed by atoms with Crippen molar-refractivity contribution in [2.24, 2.45) is 11.8 Å². The quantitative estimate of drug-likeness (QED) is 0.328. The van der Waals surface area contributed by atoms with Gasteiger partial charge < -0.3 is 33.9 Å². The number of rotatable bonds is 11. The number of carbonyl (C=O) groups is 1. The summed E-state index contributed by atoms with van der Waals surface area (Å²) in [4.78, 5) is 24.5. The number of piperazine rings is 1. The monoisotopic (exact) mass is 664 g/mol. The second-order valence-corrected chi connectivity index (χ2v) is 15.7. The Morgan fingerprint density at radius 2 is 1.67 bits per heavy atom. The zero-order valence-corrected chi connectivity index (χ0v) is 29.6. The van der Waals surface area contributed by atoms with Gasteiger partial charge in [0.1, 0.15) is 12.0 Å². The fourth-order valence-corrected chi connectivity index (χ4v) is 9.05. The average molecular weight is 665 g/mol. The van der Waals surface area contributed by atoms with Crippen LogP contribution in [0, 0.1) is 11.8 Å². The van der Waals surface area contributed by atoms with Gasteiger partial charge in [-0.25, -0.2) is 4.98 Å². The number of likely N-dealkylation sites (tertiary alicyclic amines) is 1. The molecule has 1 aliphatic carbocycles. The van der Waals surface area contributed by atoms with Crippen molar-refractivity contribution in [3.8, 4) is 5.88 Å². The van der Waals surface area contributed by atoms with Gasteiger partial charge in [0.2, 0.25) is 5.88 Å². The molecule has 5 aliphatic rings.